The maximum absolute atomic E-state index is 12.4. The lowest BCUT2D eigenvalue weighted by molar-refractivity contribution is -0.135. The van der Waals surface area contributed by atoms with E-state index >= 15 is 0 Å². The standard InChI is InChI=1S/C16H21ClN2O2/c1-10-8-13(10)15(11-2-4-12(17)5-3-11)19-16(20)14-9-18-6-7-21-14/h2-5,10,13-15,18H,6-9H2,1H3,(H,19,20)/t10-,13+,14-,15-/m1/s1. The van der Waals surface area contributed by atoms with E-state index in [0.717, 1.165) is 18.5 Å². The van der Waals surface area contributed by atoms with Gasteiger partial charge in [-0.1, -0.05) is 30.7 Å². The minimum Gasteiger partial charge on any atom is -0.366 e. The summed E-state index contributed by atoms with van der Waals surface area (Å²) in [6.07, 6.45) is 0.764. The average molecular weight is 309 g/mol. The van der Waals surface area contributed by atoms with Crippen molar-refractivity contribution in [2.75, 3.05) is 19.7 Å². The minimum atomic E-state index is -0.386. The Labute approximate surface area is 130 Å². The van der Waals surface area contributed by atoms with Crippen LogP contribution < -0.4 is 10.6 Å². The van der Waals surface area contributed by atoms with Gasteiger partial charge in [0.05, 0.1) is 12.6 Å². The molecule has 0 bridgehead atoms. The fourth-order valence-corrected chi connectivity index (χ4v) is 3.03. The lowest BCUT2D eigenvalue weighted by Crippen LogP contribution is -2.48. The number of nitrogens with one attached hydrogen (secondary N) is 2. The van der Waals surface area contributed by atoms with Gasteiger partial charge in [-0.2, -0.15) is 0 Å². The Morgan fingerprint density at radius 1 is 1.43 bits per heavy atom. The molecule has 0 spiro atoms. The van der Waals surface area contributed by atoms with Gasteiger partial charge >= 0.3 is 0 Å². The Balaban J connectivity index is 1.70. The molecular weight excluding hydrogens is 288 g/mol. The van der Waals surface area contributed by atoms with E-state index in [2.05, 4.69) is 17.6 Å². The molecule has 21 heavy (non-hydrogen) atoms. The molecule has 2 fully saturated rings. The van der Waals surface area contributed by atoms with E-state index in [0.29, 0.717) is 30.0 Å². The molecule has 1 saturated carbocycles. The first-order valence-corrected chi connectivity index (χ1v) is 7.91. The van der Waals surface area contributed by atoms with Crippen LogP contribution in [0.25, 0.3) is 0 Å². The molecule has 3 rings (SSSR count). The summed E-state index contributed by atoms with van der Waals surface area (Å²) in [4.78, 5) is 12.4. The SMILES string of the molecule is C[C@@H]1C[C@@H]1[C@H](NC(=O)[C@H]1CNCCO1)c1ccc(Cl)cc1. The normalized spacial score (nSPS) is 29.7. The lowest BCUT2D eigenvalue weighted by atomic mass is 10.0. The quantitative estimate of drug-likeness (QED) is 0.896. The molecule has 5 heteroatoms. The van der Waals surface area contributed by atoms with Gasteiger partial charge in [0.25, 0.3) is 5.91 Å². The van der Waals surface area contributed by atoms with Gasteiger partial charge in [-0.15, -0.1) is 0 Å². The van der Waals surface area contributed by atoms with Gasteiger partial charge in [0, 0.05) is 18.1 Å². The predicted octanol–water partition coefficient (Wildman–Crippen LogP) is 2.14. The summed E-state index contributed by atoms with van der Waals surface area (Å²) in [6, 6.07) is 7.80. The first-order valence-electron chi connectivity index (χ1n) is 7.53. The first-order chi connectivity index (χ1) is 10.1. The molecule has 0 aromatic heterocycles. The molecule has 1 aliphatic carbocycles. The molecule has 2 aliphatic rings. The molecule has 1 heterocycles. The highest BCUT2D eigenvalue weighted by atomic mass is 35.5. The zero-order valence-corrected chi connectivity index (χ0v) is 12.9. The van der Waals surface area contributed by atoms with Gasteiger partial charge in [-0.3, -0.25) is 4.79 Å². The summed E-state index contributed by atoms with van der Waals surface area (Å²) in [7, 11) is 0. The van der Waals surface area contributed by atoms with Crippen LogP contribution in [-0.4, -0.2) is 31.7 Å². The third-order valence-electron chi connectivity index (χ3n) is 4.35. The second-order valence-electron chi connectivity index (χ2n) is 5.98. The third-order valence-corrected chi connectivity index (χ3v) is 4.60. The monoisotopic (exact) mass is 308 g/mol. The van der Waals surface area contributed by atoms with Crippen molar-refractivity contribution in [1.82, 2.24) is 10.6 Å². The zero-order valence-electron chi connectivity index (χ0n) is 12.1. The van der Waals surface area contributed by atoms with Crippen LogP contribution in [0.3, 0.4) is 0 Å². The number of benzene rings is 1. The molecule has 1 saturated heterocycles. The maximum Gasteiger partial charge on any atom is 0.250 e. The number of morpholine rings is 1. The molecule has 0 radical (unpaired) electrons. The fourth-order valence-electron chi connectivity index (χ4n) is 2.90. The van der Waals surface area contributed by atoms with Crippen molar-refractivity contribution in [3.8, 4) is 0 Å². The Morgan fingerprint density at radius 2 is 2.14 bits per heavy atom. The summed E-state index contributed by atoms with van der Waals surface area (Å²) < 4.78 is 5.53. The van der Waals surface area contributed by atoms with Gasteiger partial charge in [0.15, 0.2) is 0 Å². The molecule has 4 atom stereocenters. The Hall–Kier alpha value is -1.10. The molecule has 4 nitrogen and oxygen atoms in total. The van der Waals surface area contributed by atoms with Gasteiger partial charge in [-0.05, 0) is 36.0 Å². The number of carbonyl (C=O) groups excluding carboxylic acids is 1. The summed E-state index contributed by atoms with van der Waals surface area (Å²) >= 11 is 5.95. The van der Waals surface area contributed by atoms with Crippen LogP contribution in [0.4, 0.5) is 0 Å². The first kappa shape index (κ1) is 14.8. The third kappa shape index (κ3) is 3.57. The molecule has 1 aliphatic heterocycles. The Kier molecular flexibility index (Phi) is 4.48. The zero-order chi connectivity index (χ0) is 14.8. The summed E-state index contributed by atoms with van der Waals surface area (Å²) in [5.41, 5.74) is 1.12. The van der Waals surface area contributed by atoms with Crippen molar-refractivity contribution in [2.24, 2.45) is 11.8 Å². The molecule has 0 unspecified atom stereocenters. The van der Waals surface area contributed by atoms with Gasteiger partial charge in [-0.25, -0.2) is 0 Å². The molecular formula is C16H21ClN2O2. The Bertz CT molecular complexity index is 500. The van der Waals surface area contributed by atoms with Gasteiger partial charge < -0.3 is 15.4 Å². The van der Waals surface area contributed by atoms with Crippen molar-refractivity contribution in [1.29, 1.82) is 0 Å². The number of hydrogen-bond acceptors (Lipinski definition) is 3. The number of rotatable bonds is 4. The highest BCUT2D eigenvalue weighted by molar-refractivity contribution is 6.30. The number of ether oxygens (including phenoxy) is 1. The van der Waals surface area contributed by atoms with Gasteiger partial charge in [0.2, 0.25) is 0 Å². The van der Waals surface area contributed by atoms with E-state index in [-0.39, 0.29) is 18.1 Å². The van der Waals surface area contributed by atoms with Crippen molar-refractivity contribution in [3.63, 3.8) is 0 Å². The number of hydrogen-bond donors (Lipinski definition) is 2. The van der Waals surface area contributed by atoms with E-state index in [1.807, 2.05) is 24.3 Å². The molecule has 2 N–H and O–H groups in total. The van der Waals surface area contributed by atoms with Crippen LogP contribution in [0.5, 0.6) is 0 Å². The van der Waals surface area contributed by atoms with Crippen molar-refractivity contribution in [2.45, 2.75) is 25.5 Å². The van der Waals surface area contributed by atoms with E-state index in [1.54, 1.807) is 0 Å². The topological polar surface area (TPSA) is 50.4 Å². The van der Waals surface area contributed by atoms with E-state index in [9.17, 15) is 4.79 Å². The highest BCUT2D eigenvalue weighted by Gasteiger charge is 2.41. The van der Waals surface area contributed by atoms with Crippen LogP contribution in [0.15, 0.2) is 24.3 Å². The summed E-state index contributed by atoms with van der Waals surface area (Å²) in [5, 5.41) is 7.07. The molecule has 1 amide bonds. The Morgan fingerprint density at radius 3 is 2.71 bits per heavy atom. The van der Waals surface area contributed by atoms with Crippen molar-refractivity contribution < 1.29 is 9.53 Å². The largest absolute Gasteiger partial charge is 0.366 e. The second-order valence-corrected chi connectivity index (χ2v) is 6.41. The summed E-state index contributed by atoms with van der Waals surface area (Å²) in [5.74, 6) is 1.13. The number of halogens is 1. The smallest absolute Gasteiger partial charge is 0.250 e. The molecule has 114 valence electrons. The van der Waals surface area contributed by atoms with E-state index in [4.69, 9.17) is 16.3 Å². The predicted molar refractivity (Wildman–Crippen MR) is 82.2 cm³/mol. The summed E-state index contributed by atoms with van der Waals surface area (Å²) in [6.45, 7) is 4.20. The number of amides is 1. The molecule has 1 aromatic carbocycles. The fraction of sp³-hybridized carbons (Fsp3) is 0.562. The van der Waals surface area contributed by atoms with Crippen LogP contribution in [0.1, 0.15) is 24.9 Å². The number of carbonyl (C=O) groups is 1. The lowest BCUT2D eigenvalue weighted by Gasteiger charge is -2.26. The molecule has 1 aromatic rings. The van der Waals surface area contributed by atoms with Crippen LogP contribution in [-0.2, 0) is 9.53 Å². The van der Waals surface area contributed by atoms with Crippen molar-refractivity contribution in [3.05, 3.63) is 34.9 Å². The van der Waals surface area contributed by atoms with Crippen LogP contribution in [0.2, 0.25) is 5.02 Å². The van der Waals surface area contributed by atoms with Crippen molar-refractivity contribution >= 4 is 17.5 Å². The van der Waals surface area contributed by atoms with E-state index < -0.39 is 0 Å². The highest BCUT2D eigenvalue weighted by Crippen LogP contribution is 2.47. The van der Waals surface area contributed by atoms with E-state index in [1.165, 1.54) is 0 Å². The van der Waals surface area contributed by atoms with Gasteiger partial charge in [0.1, 0.15) is 6.10 Å². The minimum absolute atomic E-state index is 0.0266. The van der Waals surface area contributed by atoms with Crippen LogP contribution in [0, 0.1) is 11.8 Å². The van der Waals surface area contributed by atoms with Crippen LogP contribution >= 0.6 is 11.6 Å². The second kappa shape index (κ2) is 6.34. The average Bonchev–Trinajstić information content (AvgIpc) is 3.23. The maximum atomic E-state index is 12.4.